The molecule has 1 unspecified atom stereocenters. The van der Waals surface area contributed by atoms with Crippen LogP contribution in [0.5, 0.6) is 0 Å². The first-order valence-electron chi connectivity index (χ1n) is 10.3. The molecule has 27 heavy (non-hydrogen) atoms. The third kappa shape index (κ3) is 5.72. The van der Waals surface area contributed by atoms with Crippen LogP contribution in [0.1, 0.15) is 56.0 Å². The fourth-order valence-corrected chi connectivity index (χ4v) is 3.92. The Labute approximate surface area is 164 Å². The maximum absolute atomic E-state index is 12.0. The van der Waals surface area contributed by atoms with Gasteiger partial charge in [-0.25, -0.2) is 4.99 Å². The van der Waals surface area contributed by atoms with Crippen LogP contribution in [-0.4, -0.2) is 55.4 Å². The molecule has 0 spiro atoms. The number of nitrogens with one attached hydrogen (secondary N) is 1. The van der Waals surface area contributed by atoms with E-state index in [0.29, 0.717) is 12.1 Å². The van der Waals surface area contributed by atoms with Crippen LogP contribution in [-0.2, 0) is 6.54 Å². The third-order valence-electron chi connectivity index (χ3n) is 5.59. The molecule has 0 aliphatic carbocycles. The monoisotopic (exact) mass is 372 g/mol. The molecule has 1 aromatic rings. The van der Waals surface area contributed by atoms with Gasteiger partial charge in [-0.1, -0.05) is 38.8 Å². The number of carbonyl (C=O) groups excluding carboxylic acids is 1. The van der Waals surface area contributed by atoms with Crippen LogP contribution in [0.15, 0.2) is 29.3 Å². The summed E-state index contributed by atoms with van der Waals surface area (Å²) in [4.78, 5) is 20.9. The minimum atomic E-state index is 0.0305. The van der Waals surface area contributed by atoms with Crippen molar-refractivity contribution in [3.05, 3.63) is 35.4 Å². The number of guanidine groups is 1. The molecule has 1 N–H and O–H groups in total. The highest BCUT2D eigenvalue weighted by Crippen LogP contribution is 2.28. The zero-order valence-electron chi connectivity index (χ0n) is 17.7. The molecule has 1 fully saturated rings. The summed E-state index contributed by atoms with van der Waals surface area (Å²) in [6, 6.07) is 7.78. The Morgan fingerprint density at radius 2 is 1.89 bits per heavy atom. The van der Waals surface area contributed by atoms with Crippen molar-refractivity contribution >= 4 is 11.9 Å². The molecule has 0 bridgehead atoms. The lowest BCUT2D eigenvalue weighted by molar-refractivity contribution is 0.0827. The van der Waals surface area contributed by atoms with Crippen molar-refractivity contribution in [1.82, 2.24) is 15.1 Å². The third-order valence-corrected chi connectivity index (χ3v) is 5.59. The number of nitrogens with zero attached hydrogens (tertiary/aromatic N) is 3. The van der Waals surface area contributed by atoms with Crippen LogP contribution in [0.2, 0.25) is 0 Å². The topological polar surface area (TPSA) is 47.9 Å². The van der Waals surface area contributed by atoms with Gasteiger partial charge in [0.2, 0.25) is 0 Å². The van der Waals surface area contributed by atoms with E-state index in [9.17, 15) is 4.79 Å². The summed E-state index contributed by atoms with van der Waals surface area (Å²) < 4.78 is 0. The molecular weight excluding hydrogens is 336 g/mol. The number of likely N-dealkylation sites (tertiary alicyclic amines) is 1. The molecular formula is C22H36N4O. The largest absolute Gasteiger partial charge is 0.357 e. The summed E-state index contributed by atoms with van der Waals surface area (Å²) in [7, 11) is 3.54. The molecule has 0 saturated carbocycles. The van der Waals surface area contributed by atoms with Crippen LogP contribution in [0.3, 0.4) is 0 Å². The number of amides is 1. The Balaban J connectivity index is 2.02. The Bertz CT molecular complexity index is 620. The molecule has 5 heteroatoms. The Morgan fingerprint density at radius 1 is 1.22 bits per heavy atom. The highest BCUT2D eigenvalue weighted by atomic mass is 16.2. The molecule has 2 rings (SSSR count). The second kappa shape index (κ2) is 10.3. The van der Waals surface area contributed by atoms with Crippen LogP contribution < -0.4 is 5.32 Å². The zero-order valence-corrected chi connectivity index (χ0v) is 17.7. The molecule has 1 atom stereocenters. The fourth-order valence-electron chi connectivity index (χ4n) is 3.92. The molecule has 1 saturated heterocycles. The lowest BCUT2D eigenvalue weighted by Crippen LogP contribution is -2.40. The molecule has 1 amide bonds. The number of hydrogen-bond donors (Lipinski definition) is 1. The Morgan fingerprint density at radius 3 is 2.44 bits per heavy atom. The van der Waals surface area contributed by atoms with E-state index in [2.05, 4.69) is 31.0 Å². The summed E-state index contributed by atoms with van der Waals surface area (Å²) in [5, 5.41) is 3.45. The van der Waals surface area contributed by atoms with Gasteiger partial charge in [-0.05, 0) is 42.9 Å². The predicted molar refractivity (Wildman–Crippen MR) is 113 cm³/mol. The van der Waals surface area contributed by atoms with Crippen molar-refractivity contribution in [2.45, 2.75) is 46.6 Å². The number of carbonyl (C=O) groups is 1. The van der Waals surface area contributed by atoms with E-state index in [4.69, 9.17) is 4.99 Å². The molecule has 1 aromatic carbocycles. The predicted octanol–water partition coefficient (Wildman–Crippen LogP) is 3.61. The molecule has 1 aliphatic rings. The number of hydrogen-bond acceptors (Lipinski definition) is 2. The summed E-state index contributed by atoms with van der Waals surface area (Å²) >= 11 is 0. The maximum Gasteiger partial charge on any atom is 0.253 e. The van der Waals surface area contributed by atoms with E-state index in [1.807, 2.05) is 24.3 Å². The van der Waals surface area contributed by atoms with Crippen LogP contribution in [0.4, 0.5) is 0 Å². The molecule has 0 radical (unpaired) electrons. The Hall–Kier alpha value is -2.04. The molecule has 5 nitrogen and oxygen atoms in total. The normalized spacial score (nSPS) is 17.5. The van der Waals surface area contributed by atoms with Crippen molar-refractivity contribution in [3.8, 4) is 0 Å². The second-order valence-electron chi connectivity index (χ2n) is 7.64. The average Bonchev–Trinajstić information content (AvgIpc) is 3.15. The van der Waals surface area contributed by atoms with Crippen molar-refractivity contribution in [3.63, 3.8) is 0 Å². The minimum Gasteiger partial charge on any atom is -0.357 e. The van der Waals surface area contributed by atoms with E-state index in [1.165, 1.54) is 19.3 Å². The van der Waals surface area contributed by atoms with E-state index < -0.39 is 0 Å². The molecule has 1 aliphatic heterocycles. The first kappa shape index (κ1) is 21.3. The smallest absolute Gasteiger partial charge is 0.253 e. The van der Waals surface area contributed by atoms with Crippen LogP contribution >= 0.6 is 0 Å². The van der Waals surface area contributed by atoms with Gasteiger partial charge in [-0.2, -0.15) is 0 Å². The van der Waals surface area contributed by atoms with E-state index >= 15 is 0 Å². The van der Waals surface area contributed by atoms with Gasteiger partial charge in [0.05, 0.1) is 6.54 Å². The summed E-state index contributed by atoms with van der Waals surface area (Å²) in [6.45, 7) is 10.4. The lowest BCUT2D eigenvalue weighted by Gasteiger charge is -2.24. The standard InChI is InChI=1S/C22H36N4O/c1-6-18(7-2)20-13-14-26(16-20)22(23-8-3)24-15-17-9-11-19(12-10-17)21(27)25(4)5/h9-12,18,20H,6-8,13-16H2,1-5H3,(H,23,24). The van der Waals surface area contributed by atoms with Gasteiger partial charge in [-0.3, -0.25) is 4.79 Å². The first-order valence-corrected chi connectivity index (χ1v) is 10.3. The molecule has 150 valence electrons. The lowest BCUT2D eigenvalue weighted by atomic mass is 9.87. The van der Waals surface area contributed by atoms with Gasteiger partial charge in [0.15, 0.2) is 5.96 Å². The highest BCUT2D eigenvalue weighted by Gasteiger charge is 2.29. The van der Waals surface area contributed by atoms with Gasteiger partial charge < -0.3 is 15.1 Å². The summed E-state index contributed by atoms with van der Waals surface area (Å²) in [5.41, 5.74) is 1.84. The maximum atomic E-state index is 12.0. The van der Waals surface area contributed by atoms with Gasteiger partial charge in [0.1, 0.15) is 0 Å². The Kier molecular flexibility index (Phi) is 8.14. The summed E-state index contributed by atoms with van der Waals surface area (Å²) in [6.07, 6.45) is 3.79. The van der Waals surface area contributed by atoms with E-state index in [-0.39, 0.29) is 5.91 Å². The number of benzene rings is 1. The van der Waals surface area contributed by atoms with Crippen molar-refractivity contribution in [2.75, 3.05) is 33.7 Å². The second-order valence-corrected chi connectivity index (χ2v) is 7.64. The van der Waals surface area contributed by atoms with Crippen molar-refractivity contribution in [2.24, 2.45) is 16.8 Å². The van der Waals surface area contributed by atoms with Crippen molar-refractivity contribution in [1.29, 1.82) is 0 Å². The summed E-state index contributed by atoms with van der Waals surface area (Å²) in [5.74, 6) is 2.64. The zero-order chi connectivity index (χ0) is 19.8. The SMILES string of the molecule is CCNC(=NCc1ccc(C(=O)N(C)C)cc1)N1CCC(C(CC)CC)C1. The van der Waals surface area contributed by atoms with Gasteiger partial charge in [0.25, 0.3) is 5.91 Å². The van der Waals surface area contributed by atoms with Gasteiger partial charge >= 0.3 is 0 Å². The highest BCUT2D eigenvalue weighted by molar-refractivity contribution is 5.93. The minimum absolute atomic E-state index is 0.0305. The van der Waals surface area contributed by atoms with Gasteiger partial charge in [0, 0.05) is 39.3 Å². The van der Waals surface area contributed by atoms with E-state index in [1.54, 1.807) is 19.0 Å². The fraction of sp³-hybridized carbons (Fsp3) is 0.636. The average molecular weight is 373 g/mol. The van der Waals surface area contributed by atoms with Crippen LogP contribution in [0, 0.1) is 11.8 Å². The quantitative estimate of drug-likeness (QED) is 0.587. The van der Waals surface area contributed by atoms with Gasteiger partial charge in [-0.15, -0.1) is 0 Å². The van der Waals surface area contributed by atoms with Crippen molar-refractivity contribution < 1.29 is 4.79 Å². The van der Waals surface area contributed by atoms with E-state index in [0.717, 1.165) is 43.0 Å². The number of rotatable bonds is 7. The molecule has 0 aromatic heterocycles. The van der Waals surface area contributed by atoms with Crippen LogP contribution in [0.25, 0.3) is 0 Å². The first-order chi connectivity index (χ1) is 13.0. The molecule has 1 heterocycles. The number of aliphatic imine (C=N–C) groups is 1.